The van der Waals surface area contributed by atoms with Crippen LogP contribution in [-0.4, -0.2) is 21.2 Å². The molecule has 6 heteroatoms. The largest absolute Gasteiger partial charge is 0.507 e. The maximum Gasteiger partial charge on any atom is 0.257 e. The molecule has 0 atom stereocenters. The highest BCUT2D eigenvalue weighted by molar-refractivity contribution is 9.10. The number of aromatic nitrogens is 2. The van der Waals surface area contributed by atoms with E-state index >= 15 is 0 Å². The molecule has 0 spiro atoms. The first-order chi connectivity index (χ1) is 9.65. The molecule has 3 N–H and O–H groups in total. The molecular formula is C14H10BrN3O2. The molecule has 0 radical (unpaired) electrons. The fourth-order valence-corrected chi connectivity index (χ4v) is 2.14. The van der Waals surface area contributed by atoms with Crippen LogP contribution in [0.25, 0.3) is 10.9 Å². The summed E-state index contributed by atoms with van der Waals surface area (Å²) >= 11 is 3.17. The number of phenols is 1. The molecule has 5 nitrogen and oxygen atoms in total. The van der Waals surface area contributed by atoms with Crippen LogP contribution in [0, 0.1) is 0 Å². The Bertz CT molecular complexity index is 798. The number of hydrogen-bond donors (Lipinski definition) is 3. The number of halogens is 1. The number of carbonyl (C=O) groups excluding carboxylic acids is 1. The predicted octanol–water partition coefficient (Wildman–Crippen LogP) is 3.28. The van der Waals surface area contributed by atoms with Gasteiger partial charge in [0.25, 0.3) is 5.91 Å². The van der Waals surface area contributed by atoms with Crippen molar-refractivity contribution >= 4 is 38.6 Å². The molecule has 0 saturated heterocycles. The summed E-state index contributed by atoms with van der Waals surface area (Å²) in [5, 5.41) is 20.1. The van der Waals surface area contributed by atoms with Crippen molar-refractivity contribution in [2.75, 3.05) is 5.32 Å². The van der Waals surface area contributed by atoms with E-state index in [0.29, 0.717) is 15.9 Å². The molecule has 0 unspecified atom stereocenters. The van der Waals surface area contributed by atoms with Crippen molar-refractivity contribution in [1.82, 2.24) is 10.2 Å². The number of phenolic OH excluding ortho intramolecular Hbond substituents is 1. The molecule has 0 aliphatic heterocycles. The van der Waals surface area contributed by atoms with Crippen LogP contribution >= 0.6 is 15.9 Å². The average molecular weight is 332 g/mol. The number of para-hydroxylation sites is 1. The Morgan fingerprint density at radius 3 is 2.85 bits per heavy atom. The van der Waals surface area contributed by atoms with Crippen LogP contribution in [0.1, 0.15) is 10.4 Å². The van der Waals surface area contributed by atoms with Crippen LogP contribution in [-0.2, 0) is 0 Å². The molecular weight excluding hydrogens is 322 g/mol. The zero-order valence-electron chi connectivity index (χ0n) is 10.2. The van der Waals surface area contributed by atoms with Gasteiger partial charge < -0.3 is 10.4 Å². The molecule has 0 aliphatic rings. The van der Waals surface area contributed by atoms with E-state index in [1.807, 2.05) is 24.3 Å². The summed E-state index contributed by atoms with van der Waals surface area (Å²) in [7, 11) is 0. The van der Waals surface area contributed by atoms with E-state index in [0.717, 1.165) is 10.9 Å². The number of hydrogen-bond acceptors (Lipinski definition) is 3. The first-order valence-corrected chi connectivity index (χ1v) is 6.67. The minimum absolute atomic E-state index is 0.0181. The summed E-state index contributed by atoms with van der Waals surface area (Å²) in [6.45, 7) is 0. The van der Waals surface area contributed by atoms with Crippen LogP contribution in [0.15, 0.2) is 46.9 Å². The van der Waals surface area contributed by atoms with E-state index in [-0.39, 0.29) is 11.7 Å². The minimum Gasteiger partial charge on any atom is -0.507 e. The fraction of sp³-hybridized carbons (Fsp3) is 0. The van der Waals surface area contributed by atoms with Gasteiger partial charge in [0.05, 0.1) is 9.99 Å². The summed E-state index contributed by atoms with van der Waals surface area (Å²) in [6.07, 6.45) is 0. The lowest BCUT2D eigenvalue weighted by atomic mass is 10.2. The highest BCUT2D eigenvalue weighted by Gasteiger charge is 2.12. The number of rotatable bonds is 2. The minimum atomic E-state index is -0.329. The second-order valence-electron chi connectivity index (χ2n) is 4.24. The number of benzene rings is 2. The first-order valence-electron chi connectivity index (χ1n) is 5.88. The smallest absolute Gasteiger partial charge is 0.257 e. The van der Waals surface area contributed by atoms with Crippen LogP contribution in [0.5, 0.6) is 5.75 Å². The van der Waals surface area contributed by atoms with E-state index < -0.39 is 0 Å². The monoisotopic (exact) mass is 331 g/mol. The highest BCUT2D eigenvalue weighted by atomic mass is 79.9. The second kappa shape index (κ2) is 4.97. The van der Waals surface area contributed by atoms with Crippen molar-refractivity contribution in [2.24, 2.45) is 0 Å². The summed E-state index contributed by atoms with van der Waals surface area (Å²) < 4.78 is 0.541. The van der Waals surface area contributed by atoms with Crippen LogP contribution in [0.4, 0.5) is 5.82 Å². The van der Waals surface area contributed by atoms with Gasteiger partial charge >= 0.3 is 0 Å². The molecule has 3 rings (SSSR count). The SMILES string of the molecule is O=C(Nc1n[nH]c2ccccc12)c1ccc(Br)c(O)c1. The lowest BCUT2D eigenvalue weighted by molar-refractivity contribution is 0.102. The molecule has 3 aromatic rings. The molecule has 0 aliphatic carbocycles. The van der Waals surface area contributed by atoms with Gasteiger partial charge in [0.15, 0.2) is 5.82 Å². The molecule has 0 fully saturated rings. The van der Waals surface area contributed by atoms with Crippen LogP contribution < -0.4 is 5.32 Å². The molecule has 100 valence electrons. The zero-order chi connectivity index (χ0) is 14.1. The zero-order valence-corrected chi connectivity index (χ0v) is 11.8. The van der Waals surface area contributed by atoms with Gasteiger partial charge in [0, 0.05) is 10.9 Å². The summed E-state index contributed by atoms with van der Waals surface area (Å²) in [4.78, 5) is 12.1. The molecule has 1 aromatic heterocycles. The standard InChI is InChI=1S/C14H10BrN3O2/c15-10-6-5-8(7-12(10)19)14(20)16-13-9-3-1-2-4-11(9)17-18-13/h1-7,19H,(H2,16,17,18,20). The highest BCUT2D eigenvalue weighted by Crippen LogP contribution is 2.25. The molecule has 2 aromatic carbocycles. The molecule has 0 bridgehead atoms. The van der Waals surface area contributed by atoms with Gasteiger partial charge in [-0.3, -0.25) is 9.89 Å². The lowest BCUT2D eigenvalue weighted by Gasteiger charge is -2.04. The second-order valence-corrected chi connectivity index (χ2v) is 5.09. The Hall–Kier alpha value is -2.34. The number of H-pyrrole nitrogens is 1. The summed E-state index contributed by atoms with van der Waals surface area (Å²) in [5.74, 6) is 0.155. The third kappa shape index (κ3) is 2.25. The van der Waals surface area contributed by atoms with Crippen molar-refractivity contribution in [3.63, 3.8) is 0 Å². The number of nitrogens with one attached hydrogen (secondary N) is 2. The normalized spacial score (nSPS) is 10.7. The van der Waals surface area contributed by atoms with Crippen molar-refractivity contribution in [2.45, 2.75) is 0 Å². The van der Waals surface area contributed by atoms with Gasteiger partial charge in [-0.2, -0.15) is 5.10 Å². The van der Waals surface area contributed by atoms with Crippen molar-refractivity contribution in [3.8, 4) is 5.75 Å². The topological polar surface area (TPSA) is 78.0 Å². The van der Waals surface area contributed by atoms with Gasteiger partial charge in [0.1, 0.15) is 5.75 Å². The quantitative estimate of drug-likeness (QED) is 0.674. The lowest BCUT2D eigenvalue weighted by Crippen LogP contribution is -2.12. The molecule has 0 saturated carbocycles. The predicted molar refractivity (Wildman–Crippen MR) is 79.9 cm³/mol. The Morgan fingerprint density at radius 2 is 2.05 bits per heavy atom. The number of aromatic amines is 1. The third-order valence-electron chi connectivity index (χ3n) is 2.91. The number of anilines is 1. The van der Waals surface area contributed by atoms with E-state index in [1.54, 1.807) is 12.1 Å². The number of fused-ring (bicyclic) bond motifs is 1. The van der Waals surface area contributed by atoms with Crippen molar-refractivity contribution in [1.29, 1.82) is 0 Å². The Labute approximate surface area is 122 Å². The molecule has 20 heavy (non-hydrogen) atoms. The fourth-order valence-electron chi connectivity index (χ4n) is 1.89. The third-order valence-corrected chi connectivity index (χ3v) is 3.58. The van der Waals surface area contributed by atoms with Gasteiger partial charge in [-0.05, 0) is 46.3 Å². The van der Waals surface area contributed by atoms with Crippen molar-refractivity contribution in [3.05, 3.63) is 52.5 Å². The Morgan fingerprint density at radius 1 is 1.25 bits per heavy atom. The van der Waals surface area contributed by atoms with Gasteiger partial charge in [-0.1, -0.05) is 12.1 Å². The van der Waals surface area contributed by atoms with Crippen LogP contribution in [0.3, 0.4) is 0 Å². The Balaban J connectivity index is 1.90. The van der Waals surface area contributed by atoms with E-state index in [2.05, 4.69) is 31.4 Å². The molecule has 1 amide bonds. The number of nitrogens with zero attached hydrogens (tertiary/aromatic N) is 1. The first kappa shape index (κ1) is 12.7. The molecule has 1 heterocycles. The number of carbonyl (C=O) groups is 1. The van der Waals surface area contributed by atoms with Gasteiger partial charge in [-0.25, -0.2) is 0 Å². The van der Waals surface area contributed by atoms with E-state index in [4.69, 9.17) is 0 Å². The van der Waals surface area contributed by atoms with Gasteiger partial charge in [-0.15, -0.1) is 0 Å². The number of amides is 1. The maximum atomic E-state index is 12.1. The van der Waals surface area contributed by atoms with Crippen LogP contribution in [0.2, 0.25) is 0 Å². The van der Waals surface area contributed by atoms with Gasteiger partial charge in [0.2, 0.25) is 0 Å². The maximum absolute atomic E-state index is 12.1. The summed E-state index contributed by atoms with van der Waals surface area (Å²) in [6, 6.07) is 12.1. The summed E-state index contributed by atoms with van der Waals surface area (Å²) in [5.41, 5.74) is 1.21. The van der Waals surface area contributed by atoms with E-state index in [1.165, 1.54) is 6.07 Å². The average Bonchev–Trinajstić information content (AvgIpc) is 2.85. The van der Waals surface area contributed by atoms with Crippen molar-refractivity contribution < 1.29 is 9.90 Å². The Kier molecular flexibility index (Phi) is 3.15. The number of aromatic hydroxyl groups is 1. The van der Waals surface area contributed by atoms with E-state index in [9.17, 15) is 9.90 Å².